The van der Waals surface area contributed by atoms with Crippen LogP contribution in [0, 0.1) is 19.8 Å². The highest BCUT2D eigenvalue weighted by atomic mass is 16.4. The van der Waals surface area contributed by atoms with Crippen LogP contribution in [0.1, 0.15) is 24.7 Å². The van der Waals surface area contributed by atoms with Gasteiger partial charge in [0.2, 0.25) is 0 Å². The third-order valence-electron chi connectivity index (χ3n) is 2.82. The van der Waals surface area contributed by atoms with Crippen molar-refractivity contribution in [1.82, 2.24) is 10.3 Å². The second-order valence-corrected chi connectivity index (χ2v) is 4.36. The lowest BCUT2D eigenvalue weighted by molar-refractivity contribution is -0.141. The highest BCUT2D eigenvalue weighted by molar-refractivity contribution is 5.90. The first-order valence-electron chi connectivity index (χ1n) is 6.16. The maximum atomic E-state index is 11.6. The van der Waals surface area contributed by atoms with Crippen molar-refractivity contribution in [3.05, 3.63) is 23.5 Å². The molecule has 0 aliphatic rings. The molecule has 1 unspecified atom stereocenters. The average Bonchev–Trinajstić information content (AvgIpc) is 2.33. The van der Waals surface area contributed by atoms with Crippen LogP contribution in [-0.2, 0) is 4.79 Å². The van der Waals surface area contributed by atoms with E-state index in [1.165, 1.54) is 0 Å². The van der Waals surface area contributed by atoms with Gasteiger partial charge in [0.05, 0.1) is 17.3 Å². The van der Waals surface area contributed by atoms with E-state index < -0.39 is 17.9 Å². The van der Waals surface area contributed by atoms with E-state index in [4.69, 9.17) is 5.11 Å². The number of carboxylic acid groups (broad SMARTS) is 1. The molecule has 0 fully saturated rings. The van der Waals surface area contributed by atoms with Crippen LogP contribution >= 0.6 is 0 Å². The highest BCUT2D eigenvalue weighted by Gasteiger charge is 2.16. The van der Waals surface area contributed by atoms with Crippen LogP contribution in [0.2, 0.25) is 0 Å². The summed E-state index contributed by atoms with van der Waals surface area (Å²) in [5.74, 6) is -1.47. The number of anilines is 1. The highest BCUT2D eigenvalue weighted by Crippen LogP contribution is 2.12. The van der Waals surface area contributed by atoms with Crippen LogP contribution in [0.25, 0.3) is 0 Å². The van der Waals surface area contributed by atoms with Crippen LogP contribution in [0.15, 0.2) is 12.1 Å². The van der Waals surface area contributed by atoms with Gasteiger partial charge in [0.1, 0.15) is 0 Å². The van der Waals surface area contributed by atoms with E-state index >= 15 is 0 Å². The summed E-state index contributed by atoms with van der Waals surface area (Å²) in [6, 6.07) is 3.15. The van der Waals surface area contributed by atoms with Crippen molar-refractivity contribution < 1.29 is 14.7 Å². The monoisotopic (exact) mass is 265 g/mol. The molecule has 0 radical (unpaired) electrons. The molecule has 0 saturated heterocycles. The third kappa shape index (κ3) is 4.57. The van der Waals surface area contributed by atoms with Gasteiger partial charge in [-0.1, -0.05) is 6.92 Å². The molecule has 1 rings (SSSR count). The number of aryl methyl sites for hydroxylation is 2. The fourth-order valence-corrected chi connectivity index (χ4v) is 1.61. The maximum Gasteiger partial charge on any atom is 0.319 e. The van der Waals surface area contributed by atoms with Gasteiger partial charge in [-0.3, -0.25) is 9.78 Å². The first-order chi connectivity index (χ1) is 8.93. The molecule has 6 heteroatoms. The summed E-state index contributed by atoms with van der Waals surface area (Å²) >= 11 is 0. The van der Waals surface area contributed by atoms with Gasteiger partial charge in [-0.2, -0.15) is 0 Å². The molecule has 19 heavy (non-hydrogen) atoms. The molecular formula is C13H19N3O3. The van der Waals surface area contributed by atoms with Crippen LogP contribution in [-0.4, -0.2) is 28.6 Å². The molecule has 104 valence electrons. The number of carboxylic acids is 1. The Bertz CT molecular complexity index is 474. The Hall–Kier alpha value is -2.11. The van der Waals surface area contributed by atoms with Crippen molar-refractivity contribution in [3.8, 4) is 0 Å². The number of hydrogen-bond donors (Lipinski definition) is 3. The van der Waals surface area contributed by atoms with Crippen LogP contribution in [0.5, 0.6) is 0 Å². The molecule has 1 aromatic heterocycles. The summed E-state index contributed by atoms with van der Waals surface area (Å²) < 4.78 is 0. The van der Waals surface area contributed by atoms with Gasteiger partial charge < -0.3 is 15.7 Å². The molecule has 0 bridgehead atoms. The molecule has 0 aromatic carbocycles. The van der Waals surface area contributed by atoms with Gasteiger partial charge in [-0.25, -0.2) is 4.79 Å². The van der Waals surface area contributed by atoms with Gasteiger partial charge in [-0.15, -0.1) is 0 Å². The first kappa shape index (κ1) is 14.9. The summed E-state index contributed by atoms with van der Waals surface area (Å²) in [6.07, 6.45) is 0.473. The molecule has 0 saturated carbocycles. The Kier molecular flexibility index (Phi) is 5.29. The van der Waals surface area contributed by atoms with E-state index in [0.717, 1.165) is 11.4 Å². The number of rotatable bonds is 5. The number of hydrogen-bond acceptors (Lipinski definition) is 3. The molecule has 0 aliphatic heterocycles. The van der Waals surface area contributed by atoms with E-state index in [9.17, 15) is 9.59 Å². The van der Waals surface area contributed by atoms with Crippen molar-refractivity contribution >= 4 is 17.7 Å². The van der Waals surface area contributed by atoms with Gasteiger partial charge >= 0.3 is 12.0 Å². The minimum atomic E-state index is -0.906. The van der Waals surface area contributed by atoms with Crippen LogP contribution in [0.3, 0.4) is 0 Å². The van der Waals surface area contributed by atoms with Crippen molar-refractivity contribution in [3.63, 3.8) is 0 Å². The molecule has 0 aliphatic carbocycles. The lowest BCUT2D eigenvalue weighted by Gasteiger charge is -2.13. The van der Waals surface area contributed by atoms with Crippen molar-refractivity contribution in [2.45, 2.75) is 27.2 Å². The number of aromatic nitrogens is 1. The molecule has 3 N–H and O–H groups in total. The number of urea groups is 1. The summed E-state index contributed by atoms with van der Waals surface area (Å²) in [5, 5.41) is 14.1. The topological polar surface area (TPSA) is 91.3 Å². The number of amides is 2. The summed E-state index contributed by atoms with van der Waals surface area (Å²) in [4.78, 5) is 26.7. The quantitative estimate of drug-likeness (QED) is 0.758. The van der Waals surface area contributed by atoms with Gasteiger partial charge in [0.25, 0.3) is 0 Å². The first-order valence-corrected chi connectivity index (χ1v) is 6.16. The van der Waals surface area contributed by atoms with Crippen LogP contribution < -0.4 is 10.6 Å². The summed E-state index contributed by atoms with van der Waals surface area (Å²) in [6.45, 7) is 5.55. The lowest BCUT2D eigenvalue weighted by Crippen LogP contribution is -2.35. The fourth-order valence-electron chi connectivity index (χ4n) is 1.61. The smallest absolute Gasteiger partial charge is 0.319 e. The van der Waals surface area contributed by atoms with Crippen molar-refractivity contribution in [2.75, 3.05) is 11.9 Å². The largest absolute Gasteiger partial charge is 0.481 e. The minimum Gasteiger partial charge on any atom is -0.481 e. The number of aliphatic carboxylic acids is 1. The zero-order chi connectivity index (χ0) is 14.4. The Morgan fingerprint density at radius 1 is 1.37 bits per heavy atom. The number of pyridine rings is 1. The molecule has 1 aromatic rings. The minimum absolute atomic E-state index is 0.107. The predicted molar refractivity (Wildman–Crippen MR) is 72.1 cm³/mol. The zero-order valence-electron chi connectivity index (χ0n) is 11.4. The Labute approximate surface area is 112 Å². The number of nitrogens with one attached hydrogen (secondary N) is 2. The van der Waals surface area contributed by atoms with E-state index in [-0.39, 0.29) is 6.54 Å². The Morgan fingerprint density at radius 3 is 2.58 bits per heavy atom. The predicted octanol–water partition coefficient (Wildman–Crippen LogP) is 1.93. The summed E-state index contributed by atoms with van der Waals surface area (Å²) in [5.41, 5.74) is 2.22. The number of carbonyl (C=O) groups excluding carboxylic acids is 1. The van der Waals surface area contributed by atoms with Crippen molar-refractivity contribution in [2.24, 2.45) is 5.92 Å². The van der Waals surface area contributed by atoms with E-state index in [2.05, 4.69) is 15.6 Å². The maximum absolute atomic E-state index is 11.6. The zero-order valence-corrected chi connectivity index (χ0v) is 11.4. The van der Waals surface area contributed by atoms with Crippen molar-refractivity contribution in [1.29, 1.82) is 0 Å². The van der Waals surface area contributed by atoms with Gasteiger partial charge in [0.15, 0.2) is 0 Å². The standard InChI is InChI=1S/C13H19N3O3/c1-4-10(12(17)18)7-14-13(19)16-11-6-5-8(2)15-9(11)3/h5-6,10H,4,7H2,1-3H3,(H,17,18)(H2,14,16,19). The molecular weight excluding hydrogens is 246 g/mol. The molecule has 1 heterocycles. The lowest BCUT2D eigenvalue weighted by atomic mass is 10.1. The Balaban J connectivity index is 2.53. The SMILES string of the molecule is CCC(CNC(=O)Nc1ccc(C)nc1C)C(=O)O. The molecule has 6 nitrogen and oxygen atoms in total. The number of nitrogens with zero attached hydrogens (tertiary/aromatic N) is 1. The van der Waals surface area contributed by atoms with Crippen LogP contribution in [0.4, 0.5) is 10.5 Å². The van der Waals surface area contributed by atoms with E-state index in [1.54, 1.807) is 26.0 Å². The summed E-state index contributed by atoms with van der Waals surface area (Å²) in [7, 11) is 0. The second kappa shape index (κ2) is 6.72. The normalized spacial score (nSPS) is 11.7. The number of carbonyl (C=O) groups is 2. The van der Waals surface area contributed by atoms with Gasteiger partial charge in [0, 0.05) is 12.2 Å². The third-order valence-corrected chi connectivity index (χ3v) is 2.82. The van der Waals surface area contributed by atoms with E-state index in [0.29, 0.717) is 12.1 Å². The Morgan fingerprint density at radius 2 is 2.05 bits per heavy atom. The molecule has 0 spiro atoms. The average molecular weight is 265 g/mol. The fraction of sp³-hybridized carbons (Fsp3) is 0.462. The van der Waals surface area contributed by atoms with Gasteiger partial charge in [-0.05, 0) is 32.4 Å². The van der Waals surface area contributed by atoms with E-state index in [1.807, 2.05) is 6.92 Å². The second-order valence-electron chi connectivity index (χ2n) is 4.36. The molecule has 1 atom stereocenters. The molecule has 2 amide bonds.